The molecule has 2 aromatic carbocycles. The van der Waals surface area contributed by atoms with E-state index in [-0.39, 0.29) is 0 Å². The number of aromatic nitrogens is 2. The third-order valence-electron chi connectivity index (χ3n) is 5.03. The van der Waals surface area contributed by atoms with E-state index < -0.39 is 5.60 Å². The molecule has 5 heteroatoms. The van der Waals surface area contributed by atoms with Crippen LogP contribution < -0.4 is 4.74 Å². The van der Waals surface area contributed by atoms with Crippen molar-refractivity contribution >= 4 is 22.6 Å². The minimum absolute atomic E-state index is 0.362. The van der Waals surface area contributed by atoms with Gasteiger partial charge in [-0.3, -0.25) is 0 Å². The lowest BCUT2D eigenvalue weighted by atomic mass is 9.94. The Bertz CT molecular complexity index is 905. The van der Waals surface area contributed by atoms with Gasteiger partial charge in [-0.1, -0.05) is 56.3 Å². The maximum atomic E-state index is 11.3. The molecule has 0 bridgehead atoms. The Morgan fingerprint density at radius 3 is 2.71 bits per heavy atom. The fourth-order valence-corrected chi connectivity index (χ4v) is 3.66. The number of unbranched alkanes of at least 4 members (excludes halogenated alkanes) is 4. The molecule has 1 N–H and O–H groups in total. The van der Waals surface area contributed by atoms with Crippen LogP contribution in [0.2, 0.25) is 5.02 Å². The number of aliphatic hydroxyl groups is 1. The molecule has 0 aliphatic rings. The summed E-state index contributed by atoms with van der Waals surface area (Å²) >= 11 is 6.23. The highest BCUT2D eigenvalue weighted by molar-refractivity contribution is 6.30. The Hall–Kier alpha value is -2.04. The van der Waals surface area contributed by atoms with Crippen molar-refractivity contribution in [3.05, 3.63) is 59.4 Å². The van der Waals surface area contributed by atoms with E-state index in [2.05, 4.69) is 11.9 Å². The second-order valence-corrected chi connectivity index (χ2v) is 7.97. The average molecular weight is 401 g/mol. The first-order valence-corrected chi connectivity index (χ1v) is 10.4. The van der Waals surface area contributed by atoms with Crippen LogP contribution in [-0.4, -0.2) is 21.3 Å². The standard InChI is InChI=1S/C23H29ClN2O2/c1-3-4-5-6-9-14-28-22-13-12-18(24)15-19(22)23(2,27)16-26-17-25-20-10-7-8-11-21(20)26/h7-8,10-13,15,17,27H,3-6,9,14,16H2,1-2H3. The van der Waals surface area contributed by atoms with E-state index in [0.29, 0.717) is 29.5 Å². The van der Waals surface area contributed by atoms with Gasteiger partial charge >= 0.3 is 0 Å². The number of ether oxygens (including phenoxy) is 1. The maximum Gasteiger partial charge on any atom is 0.125 e. The Labute approximate surface area is 172 Å². The second-order valence-electron chi connectivity index (χ2n) is 7.54. The fourth-order valence-electron chi connectivity index (χ4n) is 3.49. The van der Waals surface area contributed by atoms with Crippen LogP contribution in [0.15, 0.2) is 48.8 Å². The molecule has 0 saturated carbocycles. The first-order valence-electron chi connectivity index (χ1n) is 10.1. The Morgan fingerprint density at radius 2 is 1.89 bits per heavy atom. The topological polar surface area (TPSA) is 47.3 Å². The van der Waals surface area contributed by atoms with Crippen LogP contribution in [0.25, 0.3) is 11.0 Å². The van der Waals surface area contributed by atoms with Crippen LogP contribution >= 0.6 is 11.6 Å². The molecule has 3 rings (SSSR count). The molecule has 0 saturated heterocycles. The van der Waals surface area contributed by atoms with Gasteiger partial charge in [0.15, 0.2) is 0 Å². The molecule has 150 valence electrons. The molecule has 3 aromatic rings. The quantitative estimate of drug-likeness (QED) is 0.428. The van der Waals surface area contributed by atoms with Crippen molar-refractivity contribution in [1.82, 2.24) is 9.55 Å². The summed E-state index contributed by atoms with van der Waals surface area (Å²) in [5.74, 6) is 0.689. The number of rotatable bonds is 10. The molecular formula is C23H29ClN2O2. The van der Waals surface area contributed by atoms with E-state index in [9.17, 15) is 5.11 Å². The largest absolute Gasteiger partial charge is 0.493 e. The summed E-state index contributed by atoms with van der Waals surface area (Å²) in [4.78, 5) is 4.42. The molecule has 28 heavy (non-hydrogen) atoms. The third kappa shape index (κ3) is 5.06. The first-order chi connectivity index (χ1) is 13.5. The molecular weight excluding hydrogens is 372 g/mol. The van der Waals surface area contributed by atoms with Gasteiger partial charge in [-0.2, -0.15) is 0 Å². The predicted octanol–water partition coefficient (Wildman–Crippen LogP) is 5.95. The molecule has 0 amide bonds. The normalized spacial score (nSPS) is 13.6. The zero-order valence-electron chi connectivity index (χ0n) is 16.7. The summed E-state index contributed by atoms with van der Waals surface area (Å²) in [5, 5.41) is 11.9. The smallest absolute Gasteiger partial charge is 0.125 e. The van der Waals surface area contributed by atoms with Gasteiger partial charge in [0.05, 0.1) is 30.5 Å². The minimum atomic E-state index is -1.15. The van der Waals surface area contributed by atoms with Gasteiger partial charge in [0.2, 0.25) is 0 Å². The minimum Gasteiger partial charge on any atom is -0.493 e. The lowest BCUT2D eigenvalue weighted by Gasteiger charge is -2.27. The SMILES string of the molecule is CCCCCCCOc1ccc(Cl)cc1C(C)(O)Cn1cnc2ccccc21. The summed E-state index contributed by atoms with van der Waals surface area (Å²) in [6, 6.07) is 13.4. The predicted molar refractivity (Wildman–Crippen MR) is 115 cm³/mol. The molecule has 1 unspecified atom stereocenters. The number of halogens is 1. The summed E-state index contributed by atoms with van der Waals surface area (Å²) in [5.41, 5.74) is 1.45. The van der Waals surface area contributed by atoms with Gasteiger partial charge in [0.1, 0.15) is 11.4 Å². The average Bonchev–Trinajstić information content (AvgIpc) is 3.08. The van der Waals surface area contributed by atoms with Crippen molar-refractivity contribution in [3.8, 4) is 5.75 Å². The number of nitrogens with zero attached hydrogens (tertiary/aromatic N) is 2. The summed E-state index contributed by atoms with van der Waals surface area (Å²) in [6.45, 7) is 5.01. The number of hydrogen-bond acceptors (Lipinski definition) is 3. The molecule has 4 nitrogen and oxygen atoms in total. The van der Waals surface area contributed by atoms with Crippen molar-refractivity contribution in [1.29, 1.82) is 0 Å². The van der Waals surface area contributed by atoms with Gasteiger partial charge in [0, 0.05) is 10.6 Å². The number of hydrogen-bond donors (Lipinski definition) is 1. The van der Waals surface area contributed by atoms with Gasteiger partial charge in [0.25, 0.3) is 0 Å². The Balaban J connectivity index is 1.75. The van der Waals surface area contributed by atoms with Crippen LogP contribution in [0.1, 0.15) is 51.5 Å². The van der Waals surface area contributed by atoms with Gasteiger partial charge in [-0.25, -0.2) is 4.98 Å². The molecule has 0 aliphatic carbocycles. The van der Waals surface area contributed by atoms with Gasteiger partial charge < -0.3 is 14.4 Å². The molecule has 0 spiro atoms. The van der Waals surface area contributed by atoms with Crippen LogP contribution in [-0.2, 0) is 12.1 Å². The van der Waals surface area contributed by atoms with Crippen LogP contribution in [0.5, 0.6) is 5.75 Å². The van der Waals surface area contributed by atoms with E-state index in [4.69, 9.17) is 16.3 Å². The molecule has 1 heterocycles. The van der Waals surface area contributed by atoms with Crippen LogP contribution in [0.3, 0.4) is 0 Å². The van der Waals surface area contributed by atoms with E-state index >= 15 is 0 Å². The number of imidazole rings is 1. The Kier molecular flexibility index (Phi) is 6.97. The zero-order valence-corrected chi connectivity index (χ0v) is 17.5. The van der Waals surface area contributed by atoms with Crippen LogP contribution in [0.4, 0.5) is 0 Å². The van der Waals surface area contributed by atoms with Crippen molar-refractivity contribution < 1.29 is 9.84 Å². The van der Waals surface area contributed by atoms with E-state index in [0.717, 1.165) is 23.9 Å². The lowest BCUT2D eigenvalue weighted by Crippen LogP contribution is -2.28. The molecule has 0 radical (unpaired) electrons. The summed E-state index contributed by atoms with van der Waals surface area (Å²) in [7, 11) is 0. The Morgan fingerprint density at radius 1 is 1.11 bits per heavy atom. The monoisotopic (exact) mass is 400 g/mol. The van der Waals surface area contributed by atoms with E-state index in [1.54, 1.807) is 25.4 Å². The summed E-state index contributed by atoms with van der Waals surface area (Å²) < 4.78 is 7.98. The van der Waals surface area contributed by atoms with Crippen molar-refractivity contribution in [3.63, 3.8) is 0 Å². The van der Waals surface area contributed by atoms with Gasteiger partial charge in [-0.05, 0) is 43.7 Å². The van der Waals surface area contributed by atoms with Crippen molar-refractivity contribution in [2.75, 3.05) is 6.61 Å². The highest BCUT2D eigenvalue weighted by Crippen LogP contribution is 2.34. The molecule has 0 fully saturated rings. The number of para-hydroxylation sites is 2. The molecule has 1 aromatic heterocycles. The molecule has 1 atom stereocenters. The van der Waals surface area contributed by atoms with Gasteiger partial charge in [-0.15, -0.1) is 0 Å². The molecule has 0 aliphatic heterocycles. The third-order valence-corrected chi connectivity index (χ3v) is 5.27. The second kappa shape index (κ2) is 9.44. The van der Waals surface area contributed by atoms with E-state index in [1.165, 1.54) is 19.3 Å². The van der Waals surface area contributed by atoms with Crippen LogP contribution in [0, 0.1) is 0 Å². The number of fused-ring (bicyclic) bond motifs is 1. The maximum absolute atomic E-state index is 11.3. The summed E-state index contributed by atoms with van der Waals surface area (Å²) in [6.07, 6.45) is 7.66. The highest BCUT2D eigenvalue weighted by atomic mass is 35.5. The highest BCUT2D eigenvalue weighted by Gasteiger charge is 2.28. The zero-order chi connectivity index (χ0) is 20.0. The number of benzene rings is 2. The first kappa shape index (κ1) is 20.7. The lowest BCUT2D eigenvalue weighted by molar-refractivity contribution is 0.0363. The van der Waals surface area contributed by atoms with E-state index in [1.807, 2.05) is 34.9 Å². The fraction of sp³-hybridized carbons (Fsp3) is 0.435. The van der Waals surface area contributed by atoms with Crippen molar-refractivity contribution in [2.45, 2.75) is 58.1 Å². The van der Waals surface area contributed by atoms with Crippen molar-refractivity contribution in [2.24, 2.45) is 0 Å².